The average molecular weight is 185 g/mol. The third kappa shape index (κ3) is 1.77. The topological polar surface area (TPSA) is 49.8 Å². The predicted molar refractivity (Wildman–Crippen MR) is 46.3 cm³/mol. The van der Waals surface area contributed by atoms with E-state index in [-0.39, 0.29) is 18.3 Å². The van der Waals surface area contributed by atoms with Crippen molar-refractivity contribution in [1.29, 1.82) is 0 Å². The molecule has 1 heterocycles. The highest BCUT2D eigenvalue weighted by Gasteiger charge is 2.50. The van der Waals surface area contributed by atoms with Gasteiger partial charge in [-0.25, -0.2) is 4.79 Å². The van der Waals surface area contributed by atoms with E-state index in [1.165, 1.54) is 0 Å². The monoisotopic (exact) mass is 185 g/mol. The Balaban J connectivity index is 1.83. The molecular weight excluding hydrogens is 170 g/mol. The number of carbonyl (C=O) groups excluding carboxylic acids is 1. The number of aliphatic hydroxyl groups excluding tert-OH is 1. The molecule has 0 unspecified atom stereocenters. The maximum atomic E-state index is 11.4. The van der Waals surface area contributed by atoms with Crippen molar-refractivity contribution in [3.8, 4) is 0 Å². The Hall–Kier alpha value is -0.770. The summed E-state index contributed by atoms with van der Waals surface area (Å²) in [5.74, 6) is 0. The van der Waals surface area contributed by atoms with E-state index in [2.05, 4.69) is 0 Å². The Kier molecular flexibility index (Phi) is 2.15. The van der Waals surface area contributed by atoms with Gasteiger partial charge in [0.15, 0.2) is 0 Å². The van der Waals surface area contributed by atoms with Gasteiger partial charge in [-0.15, -0.1) is 0 Å². The lowest BCUT2D eigenvalue weighted by molar-refractivity contribution is 0.00987. The van der Waals surface area contributed by atoms with E-state index < -0.39 is 0 Å². The van der Waals surface area contributed by atoms with Crippen LogP contribution in [0.5, 0.6) is 0 Å². The summed E-state index contributed by atoms with van der Waals surface area (Å²) < 4.78 is 5.30. The zero-order valence-corrected chi connectivity index (χ0v) is 7.66. The average Bonchev–Trinajstić information content (AvgIpc) is 2.84. The lowest BCUT2D eigenvalue weighted by atomic mass is 10.2. The van der Waals surface area contributed by atoms with Crippen molar-refractivity contribution >= 4 is 6.09 Å². The molecule has 1 aliphatic carbocycles. The minimum absolute atomic E-state index is 0.0766. The molecule has 0 bridgehead atoms. The third-order valence-electron chi connectivity index (χ3n) is 2.79. The van der Waals surface area contributed by atoms with Crippen LogP contribution in [0.4, 0.5) is 4.79 Å². The van der Waals surface area contributed by atoms with E-state index in [9.17, 15) is 4.79 Å². The highest BCUT2D eigenvalue weighted by molar-refractivity contribution is 5.69. The van der Waals surface area contributed by atoms with Crippen molar-refractivity contribution in [2.75, 3.05) is 19.7 Å². The van der Waals surface area contributed by atoms with E-state index in [0.29, 0.717) is 13.0 Å². The van der Waals surface area contributed by atoms with Crippen molar-refractivity contribution in [1.82, 2.24) is 4.90 Å². The Morgan fingerprint density at radius 2 is 2.23 bits per heavy atom. The minimum atomic E-state index is -0.197. The summed E-state index contributed by atoms with van der Waals surface area (Å²) in [6, 6.07) is 0. The van der Waals surface area contributed by atoms with Crippen molar-refractivity contribution in [2.24, 2.45) is 0 Å². The van der Waals surface area contributed by atoms with Gasteiger partial charge in [-0.05, 0) is 19.3 Å². The van der Waals surface area contributed by atoms with Gasteiger partial charge < -0.3 is 14.7 Å². The van der Waals surface area contributed by atoms with Crippen LogP contribution in [0.25, 0.3) is 0 Å². The van der Waals surface area contributed by atoms with Crippen molar-refractivity contribution in [3.63, 3.8) is 0 Å². The lowest BCUT2D eigenvalue weighted by Crippen LogP contribution is -2.43. The molecule has 2 aliphatic rings. The van der Waals surface area contributed by atoms with Gasteiger partial charge in [-0.3, -0.25) is 0 Å². The largest absolute Gasteiger partial charge is 0.443 e. The standard InChI is InChI=1S/C9H15NO3/c11-7-1-5-10-6-4-9(2-3-9)13-8(10)12/h11H,1-7H2. The Morgan fingerprint density at radius 3 is 2.77 bits per heavy atom. The van der Waals surface area contributed by atoms with Crippen LogP contribution in [0.2, 0.25) is 0 Å². The van der Waals surface area contributed by atoms with Crippen molar-refractivity contribution in [3.05, 3.63) is 0 Å². The SMILES string of the molecule is O=C1OC2(CCN1CCCO)CC2. The molecule has 1 aliphatic heterocycles. The second-order valence-electron chi connectivity index (χ2n) is 3.87. The zero-order valence-electron chi connectivity index (χ0n) is 7.66. The van der Waals surface area contributed by atoms with Gasteiger partial charge in [0.1, 0.15) is 5.60 Å². The summed E-state index contributed by atoms with van der Waals surface area (Å²) >= 11 is 0. The molecule has 0 aromatic carbocycles. The molecule has 1 N–H and O–H groups in total. The first kappa shape index (κ1) is 8.81. The van der Waals surface area contributed by atoms with E-state index in [0.717, 1.165) is 25.8 Å². The minimum Gasteiger partial charge on any atom is -0.443 e. The molecule has 13 heavy (non-hydrogen) atoms. The fraction of sp³-hybridized carbons (Fsp3) is 0.889. The molecule has 1 saturated heterocycles. The van der Waals surface area contributed by atoms with E-state index in [1.54, 1.807) is 4.90 Å². The molecule has 2 rings (SSSR count). The molecule has 2 fully saturated rings. The van der Waals surface area contributed by atoms with Crippen LogP contribution in [0.3, 0.4) is 0 Å². The maximum Gasteiger partial charge on any atom is 0.410 e. The van der Waals surface area contributed by atoms with Crippen LogP contribution in [0, 0.1) is 0 Å². The van der Waals surface area contributed by atoms with E-state index in [4.69, 9.17) is 9.84 Å². The molecule has 0 atom stereocenters. The first-order chi connectivity index (χ1) is 6.26. The molecule has 0 aromatic rings. The van der Waals surface area contributed by atoms with E-state index >= 15 is 0 Å². The van der Waals surface area contributed by atoms with Crippen LogP contribution in [-0.4, -0.2) is 41.4 Å². The number of rotatable bonds is 3. The van der Waals surface area contributed by atoms with Crippen LogP contribution in [0.1, 0.15) is 25.7 Å². The Morgan fingerprint density at radius 1 is 1.46 bits per heavy atom. The van der Waals surface area contributed by atoms with Gasteiger partial charge in [0.25, 0.3) is 0 Å². The van der Waals surface area contributed by atoms with E-state index in [1.807, 2.05) is 0 Å². The Labute approximate surface area is 77.5 Å². The number of hydrogen-bond donors (Lipinski definition) is 1. The fourth-order valence-electron chi connectivity index (χ4n) is 1.69. The molecule has 1 saturated carbocycles. The van der Waals surface area contributed by atoms with Gasteiger partial charge in [0.05, 0.1) is 0 Å². The predicted octanol–water partition coefficient (Wildman–Crippen LogP) is 0.744. The Bertz CT molecular complexity index is 213. The first-order valence-corrected chi connectivity index (χ1v) is 4.85. The van der Waals surface area contributed by atoms with Crippen molar-refractivity contribution < 1.29 is 14.6 Å². The normalized spacial score (nSPS) is 24.7. The first-order valence-electron chi connectivity index (χ1n) is 4.85. The summed E-state index contributed by atoms with van der Waals surface area (Å²) in [6.07, 6.45) is 3.48. The number of hydrogen-bond acceptors (Lipinski definition) is 3. The number of amides is 1. The van der Waals surface area contributed by atoms with Gasteiger partial charge in [-0.2, -0.15) is 0 Å². The summed E-state index contributed by atoms with van der Waals surface area (Å²) in [5.41, 5.74) is -0.0766. The maximum absolute atomic E-state index is 11.4. The summed E-state index contributed by atoms with van der Waals surface area (Å²) in [7, 11) is 0. The molecule has 0 aromatic heterocycles. The molecule has 0 radical (unpaired) electrons. The number of nitrogens with zero attached hydrogens (tertiary/aromatic N) is 1. The smallest absolute Gasteiger partial charge is 0.410 e. The molecule has 4 nitrogen and oxygen atoms in total. The molecule has 1 spiro atoms. The molecule has 74 valence electrons. The number of carbonyl (C=O) groups is 1. The second-order valence-corrected chi connectivity index (χ2v) is 3.87. The van der Waals surface area contributed by atoms with Gasteiger partial charge in [0.2, 0.25) is 0 Å². The van der Waals surface area contributed by atoms with Crippen LogP contribution >= 0.6 is 0 Å². The third-order valence-corrected chi connectivity index (χ3v) is 2.79. The molecular formula is C9H15NO3. The number of ether oxygens (including phenoxy) is 1. The lowest BCUT2D eigenvalue weighted by Gasteiger charge is -2.31. The highest BCUT2D eigenvalue weighted by atomic mass is 16.6. The van der Waals surface area contributed by atoms with Crippen LogP contribution in [0.15, 0.2) is 0 Å². The fourth-order valence-corrected chi connectivity index (χ4v) is 1.69. The molecule has 4 heteroatoms. The van der Waals surface area contributed by atoms with Gasteiger partial charge >= 0.3 is 6.09 Å². The van der Waals surface area contributed by atoms with Crippen LogP contribution in [-0.2, 0) is 4.74 Å². The zero-order chi connectivity index (χ0) is 9.31. The molecule has 1 amide bonds. The van der Waals surface area contributed by atoms with Gasteiger partial charge in [-0.1, -0.05) is 0 Å². The van der Waals surface area contributed by atoms with Crippen LogP contribution < -0.4 is 0 Å². The summed E-state index contributed by atoms with van der Waals surface area (Å²) in [6.45, 7) is 1.54. The van der Waals surface area contributed by atoms with Crippen molar-refractivity contribution in [2.45, 2.75) is 31.3 Å². The summed E-state index contributed by atoms with van der Waals surface area (Å²) in [5, 5.41) is 8.62. The second kappa shape index (κ2) is 3.18. The quantitative estimate of drug-likeness (QED) is 0.705. The highest BCUT2D eigenvalue weighted by Crippen LogP contribution is 2.45. The summed E-state index contributed by atoms with van der Waals surface area (Å²) in [4.78, 5) is 13.1. The number of aliphatic hydroxyl groups is 1. The van der Waals surface area contributed by atoms with Gasteiger partial charge in [0, 0.05) is 26.1 Å².